The van der Waals surface area contributed by atoms with E-state index in [2.05, 4.69) is 10.6 Å². The number of nitrogens with one attached hydrogen (secondary N) is 2. The molecule has 2 amide bonds. The van der Waals surface area contributed by atoms with Crippen LogP contribution >= 0.6 is 0 Å². The van der Waals surface area contributed by atoms with Crippen molar-refractivity contribution in [3.63, 3.8) is 0 Å². The predicted octanol–water partition coefficient (Wildman–Crippen LogP) is 3.41. The first kappa shape index (κ1) is 20.3. The molecule has 0 aliphatic carbocycles. The molecule has 0 saturated carbocycles. The lowest BCUT2D eigenvalue weighted by atomic mass is 10.1. The number of hydrogen-bond donors (Lipinski definition) is 2. The van der Waals surface area contributed by atoms with E-state index in [-0.39, 0.29) is 24.5 Å². The molecule has 0 spiro atoms. The number of hydrogen-bond acceptors (Lipinski definition) is 4. The number of benzene rings is 2. The van der Waals surface area contributed by atoms with Crippen LogP contribution in [0.25, 0.3) is 0 Å². The number of amides is 2. The zero-order valence-electron chi connectivity index (χ0n) is 16.2. The Hall–Kier alpha value is -3.02. The second kappa shape index (κ2) is 9.62. The summed E-state index contributed by atoms with van der Waals surface area (Å²) in [5.74, 6) is 0.398. The zero-order chi connectivity index (χ0) is 19.8. The second-order valence-electron chi connectivity index (χ2n) is 6.27. The molecule has 0 aromatic heterocycles. The van der Waals surface area contributed by atoms with Gasteiger partial charge in [-0.2, -0.15) is 0 Å². The van der Waals surface area contributed by atoms with Crippen molar-refractivity contribution < 1.29 is 19.1 Å². The van der Waals surface area contributed by atoms with E-state index in [1.165, 1.54) is 7.11 Å². The lowest BCUT2D eigenvalue weighted by Crippen LogP contribution is -2.33. The number of rotatable bonds is 8. The molecule has 27 heavy (non-hydrogen) atoms. The Morgan fingerprint density at radius 3 is 2.48 bits per heavy atom. The summed E-state index contributed by atoms with van der Waals surface area (Å²) in [6.07, 6.45) is 0.807. The lowest BCUT2D eigenvalue weighted by molar-refractivity contribution is -0.115. The maximum Gasteiger partial charge on any atom is 0.251 e. The molecule has 6 nitrogen and oxygen atoms in total. The molecular weight excluding hydrogens is 344 g/mol. The molecule has 2 aromatic carbocycles. The summed E-state index contributed by atoms with van der Waals surface area (Å²) in [7, 11) is 1.52. The molecule has 0 atom stereocenters. The van der Waals surface area contributed by atoms with Gasteiger partial charge < -0.3 is 20.1 Å². The lowest BCUT2D eigenvalue weighted by Gasteiger charge is -2.14. The van der Waals surface area contributed by atoms with Gasteiger partial charge >= 0.3 is 0 Å². The van der Waals surface area contributed by atoms with E-state index >= 15 is 0 Å². The second-order valence-corrected chi connectivity index (χ2v) is 6.27. The fourth-order valence-electron chi connectivity index (χ4n) is 2.57. The van der Waals surface area contributed by atoms with Gasteiger partial charge in [-0.15, -0.1) is 0 Å². The molecule has 0 aliphatic rings. The molecule has 2 N–H and O–H groups in total. The molecule has 6 heteroatoms. The standard InChI is InChI=1S/C21H26N2O4/c1-5-15-8-6-7-9-17(15)23-20(24)13-22-21(25)16-10-11-18(27-14(2)3)19(12-16)26-4/h6-12,14H,5,13H2,1-4H3,(H,22,25)(H,23,24). The number of para-hydroxylation sites is 1. The highest BCUT2D eigenvalue weighted by atomic mass is 16.5. The smallest absolute Gasteiger partial charge is 0.251 e. The molecule has 144 valence electrons. The zero-order valence-corrected chi connectivity index (χ0v) is 16.2. The van der Waals surface area contributed by atoms with E-state index in [0.29, 0.717) is 17.1 Å². The van der Waals surface area contributed by atoms with E-state index < -0.39 is 0 Å². The van der Waals surface area contributed by atoms with Crippen LogP contribution in [0.15, 0.2) is 42.5 Å². The summed E-state index contributed by atoms with van der Waals surface area (Å²) in [5, 5.41) is 5.44. The third-order valence-corrected chi connectivity index (χ3v) is 3.87. The fourth-order valence-corrected chi connectivity index (χ4v) is 2.57. The number of aryl methyl sites for hydroxylation is 1. The van der Waals surface area contributed by atoms with Gasteiger partial charge in [-0.05, 0) is 50.1 Å². The van der Waals surface area contributed by atoms with Crippen LogP contribution in [0.4, 0.5) is 5.69 Å². The highest BCUT2D eigenvalue weighted by Crippen LogP contribution is 2.28. The molecule has 0 radical (unpaired) electrons. The SMILES string of the molecule is CCc1ccccc1NC(=O)CNC(=O)c1ccc(OC(C)C)c(OC)c1. The number of carbonyl (C=O) groups excluding carboxylic acids is 2. The molecule has 0 saturated heterocycles. The summed E-state index contributed by atoms with van der Waals surface area (Å²) >= 11 is 0. The van der Waals surface area contributed by atoms with Crippen LogP contribution in [0.2, 0.25) is 0 Å². The van der Waals surface area contributed by atoms with Crippen LogP contribution in [0.5, 0.6) is 11.5 Å². The largest absolute Gasteiger partial charge is 0.493 e. The van der Waals surface area contributed by atoms with Crippen molar-refractivity contribution >= 4 is 17.5 Å². The van der Waals surface area contributed by atoms with E-state index in [0.717, 1.165) is 17.7 Å². The van der Waals surface area contributed by atoms with E-state index in [4.69, 9.17) is 9.47 Å². The first-order valence-corrected chi connectivity index (χ1v) is 8.95. The van der Waals surface area contributed by atoms with Crippen LogP contribution in [-0.4, -0.2) is 31.6 Å². The van der Waals surface area contributed by atoms with Crippen LogP contribution < -0.4 is 20.1 Å². The summed E-state index contributed by atoms with van der Waals surface area (Å²) in [5.41, 5.74) is 2.20. The Labute approximate surface area is 159 Å². The van der Waals surface area contributed by atoms with Gasteiger partial charge in [-0.25, -0.2) is 0 Å². The minimum absolute atomic E-state index is 0.00623. The molecule has 2 rings (SSSR count). The Morgan fingerprint density at radius 2 is 1.81 bits per heavy atom. The molecule has 0 unspecified atom stereocenters. The van der Waals surface area contributed by atoms with E-state index in [1.807, 2.05) is 45.0 Å². The summed E-state index contributed by atoms with van der Waals surface area (Å²) in [6.45, 7) is 5.72. The van der Waals surface area contributed by atoms with Gasteiger partial charge in [0.25, 0.3) is 5.91 Å². The normalized spacial score (nSPS) is 10.4. The first-order chi connectivity index (χ1) is 12.9. The minimum Gasteiger partial charge on any atom is -0.493 e. The Morgan fingerprint density at radius 1 is 1.07 bits per heavy atom. The molecule has 2 aromatic rings. The van der Waals surface area contributed by atoms with Gasteiger partial charge in [0.2, 0.25) is 5.91 Å². The van der Waals surface area contributed by atoms with Gasteiger partial charge in [0.15, 0.2) is 11.5 Å². The number of carbonyl (C=O) groups is 2. The van der Waals surface area contributed by atoms with Gasteiger partial charge in [-0.1, -0.05) is 25.1 Å². The van der Waals surface area contributed by atoms with Crippen molar-refractivity contribution in [3.8, 4) is 11.5 Å². The van der Waals surface area contributed by atoms with Crippen molar-refractivity contribution in [2.45, 2.75) is 33.3 Å². The van der Waals surface area contributed by atoms with Crippen molar-refractivity contribution in [2.24, 2.45) is 0 Å². The fraction of sp³-hybridized carbons (Fsp3) is 0.333. The number of methoxy groups -OCH3 is 1. The van der Waals surface area contributed by atoms with Crippen molar-refractivity contribution in [2.75, 3.05) is 19.0 Å². The maximum absolute atomic E-state index is 12.3. The van der Waals surface area contributed by atoms with E-state index in [1.54, 1.807) is 18.2 Å². The summed E-state index contributed by atoms with van der Waals surface area (Å²) in [6, 6.07) is 12.5. The number of anilines is 1. The van der Waals surface area contributed by atoms with Crippen LogP contribution in [-0.2, 0) is 11.2 Å². The topological polar surface area (TPSA) is 76.7 Å². The summed E-state index contributed by atoms with van der Waals surface area (Å²) in [4.78, 5) is 24.5. The molecule has 0 fully saturated rings. The van der Waals surface area contributed by atoms with Gasteiger partial charge in [0.05, 0.1) is 19.8 Å². The van der Waals surface area contributed by atoms with Crippen LogP contribution in [0, 0.1) is 0 Å². The Balaban J connectivity index is 1.97. The third kappa shape index (κ3) is 5.74. The average Bonchev–Trinajstić information content (AvgIpc) is 2.66. The van der Waals surface area contributed by atoms with Gasteiger partial charge in [-0.3, -0.25) is 9.59 Å². The maximum atomic E-state index is 12.3. The third-order valence-electron chi connectivity index (χ3n) is 3.87. The van der Waals surface area contributed by atoms with E-state index in [9.17, 15) is 9.59 Å². The summed E-state index contributed by atoms with van der Waals surface area (Å²) < 4.78 is 10.9. The monoisotopic (exact) mass is 370 g/mol. The average molecular weight is 370 g/mol. The molecule has 0 aliphatic heterocycles. The Kier molecular flexibility index (Phi) is 7.23. The van der Waals surface area contributed by atoms with Crippen molar-refractivity contribution in [1.82, 2.24) is 5.32 Å². The Bertz CT molecular complexity index is 803. The quantitative estimate of drug-likeness (QED) is 0.747. The highest BCUT2D eigenvalue weighted by Gasteiger charge is 2.13. The van der Waals surface area contributed by atoms with Crippen molar-refractivity contribution in [3.05, 3.63) is 53.6 Å². The van der Waals surface area contributed by atoms with Crippen LogP contribution in [0.1, 0.15) is 36.7 Å². The van der Waals surface area contributed by atoms with Gasteiger partial charge in [0, 0.05) is 11.3 Å². The molecule has 0 heterocycles. The number of ether oxygens (including phenoxy) is 2. The molecular formula is C21H26N2O4. The predicted molar refractivity (Wildman–Crippen MR) is 106 cm³/mol. The van der Waals surface area contributed by atoms with Crippen molar-refractivity contribution in [1.29, 1.82) is 0 Å². The van der Waals surface area contributed by atoms with Gasteiger partial charge in [0.1, 0.15) is 0 Å². The molecule has 0 bridgehead atoms. The van der Waals surface area contributed by atoms with Crippen LogP contribution in [0.3, 0.4) is 0 Å². The first-order valence-electron chi connectivity index (χ1n) is 8.95. The highest BCUT2D eigenvalue weighted by molar-refractivity contribution is 5.99. The minimum atomic E-state index is -0.358.